The van der Waals surface area contributed by atoms with Gasteiger partial charge < -0.3 is 26.0 Å². The quantitative estimate of drug-likeness (QED) is 0.144. The van der Waals surface area contributed by atoms with Crippen molar-refractivity contribution in [3.63, 3.8) is 0 Å². The van der Waals surface area contributed by atoms with Crippen LogP contribution in [0.4, 0.5) is 24.5 Å². The highest BCUT2D eigenvalue weighted by Gasteiger charge is 2.35. The summed E-state index contributed by atoms with van der Waals surface area (Å²) in [6.07, 6.45) is -1.60. The number of nitrogens with one attached hydrogen (secondary N) is 2. The standard InChI is InChI=1S/C39H39F3N6O5/c1-38(2,37(53)45-32-14-12-28(39(40,41)42)17-30(32)26-7-5-4-6-8-26)44-20-24(19-43)9-10-25-21-48(22-25)29-13-11-27(23-49)31(18-29)36(52)47(3)33-15-16-34(50)46-35(33)51/h4-8,11-14,17-20,25,33,49H,15-16,21-23,43H2,1-3H3,(H,45,53)(H,46,50,51). The molecule has 0 radical (unpaired) electrons. The van der Waals surface area contributed by atoms with Crippen molar-refractivity contribution in [2.45, 2.75) is 51.1 Å². The lowest BCUT2D eigenvalue weighted by Gasteiger charge is -2.39. The summed E-state index contributed by atoms with van der Waals surface area (Å²) in [7, 11) is 1.49. The van der Waals surface area contributed by atoms with Crippen LogP contribution in [-0.4, -0.2) is 71.6 Å². The number of aliphatic hydroxyl groups is 1. The Morgan fingerprint density at radius 3 is 2.45 bits per heavy atom. The molecule has 276 valence electrons. The Morgan fingerprint density at radius 1 is 1.09 bits per heavy atom. The smallest absolute Gasteiger partial charge is 0.404 e. The normalized spacial score (nSPS) is 16.8. The number of benzene rings is 3. The van der Waals surface area contributed by atoms with Crippen molar-refractivity contribution in [3.8, 4) is 23.0 Å². The van der Waals surface area contributed by atoms with Crippen LogP contribution >= 0.6 is 0 Å². The fraction of sp³-hybridized carbons (Fsp3) is 0.308. The van der Waals surface area contributed by atoms with E-state index >= 15 is 0 Å². The van der Waals surface area contributed by atoms with Crippen molar-refractivity contribution in [3.05, 3.63) is 95.2 Å². The van der Waals surface area contributed by atoms with E-state index in [4.69, 9.17) is 5.73 Å². The molecule has 0 saturated carbocycles. The largest absolute Gasteiger partial charge is 0.416 e. The van der Waals surface area contributed by atoms with Gasteiger partial charge in [-0.25, -0.2) is 0 Å². The number of hydrogen-bond acceptors (Lipinski definition) is 8. The van der Waals surface area contributed by atoms with Crippen molar-refractivity contribution in [2.75, 3.05) is 30.4 Å². The Kier molecular flexibility index (Phi) is 11.4. The molecule has 2 aliphatic rings. The van der Waals surface area contributed by atoms with E-state index in [1.54, 1.807) is 62.4 Å². The van der Waals surface area contributed by atoms with Gasteiger partial charge in [-0.2, -0.15) is 13.2 Å². The van der Waals surface area contributed by atoms with E-state index < -0.39 is 41.0 Å². The van der Waals surface area contributed by atoms with E-state index in [9.17, 15) is 37.5 Å². The van der Waals surface area contributed by atoms with Crippen LogP contribution < -0.4 is 21.3 Å². The molecule has 53 heavy (non-hydrogen) atoms. The first-order valence-electron chi connectivity index (χ1n) is 16.8. The number of nitrogens with zero attached hydrogens (tertiary/aromatic N) is 3. The Balaban J connectivity index is 1.22. The van der Waals surface area contributed by atoms with E-state index in [1.807, 2.05) is 4.90 Å². The van der Waals surface area contributed by atoms with Gasteiger partial charge in [-0.3, -0.25) is 29.5 Å². The molecule has 4 amide bonds. The Bertz CT molecular complexity index is 2030. The van der Waals surface area contributed by atoms with Crippen LogP contribution in [0.1, 0.15) is 48.2 Å². The number of imide groups is 1. The molecule has 1 unspecified atom stereocenters. The lowest BCUT2D eigenvalue weighted by Crippen LogP contribution is -2.53. The second-order valence-corrected chi connectivity index (χ2v) is 13.3. The number of likely N-dealkylation sites (N-methyl/N-ethyl adjacent to an activating group) is 1. The van der Waals surface area contributed by atoms with E-state index in [-0.39, 0.29) is 48.1 Å². The minimum atomic E-state index is -4.56. The van der Waals surface area contributed by atoms with Crippen LogP contribution in [0.25, 0.3) is 11.1 Å². The van der Waals surface area contributed by atoms with Gasteiger partial charge in [0, 0.05) is 61.5 Å². The Labute approximate surface area is 304 Å². The summed E-state index contributed by atoms with van der Waals surface area (Å²) in [5, 5.41) is 14.9. The monoisotopic (exact) mass is 728 g/mol. The molecule has 0 aliphatic carbocycles. The van der Waals surface area contributed by atoms with E-state index in [1.165, 1.54) is 30.4 Å². The number of aliphatic hydroxyl groups excluding tert-OH is 1. The SMILES string of the molecule is CN(C(=O)c1cc(N2CC(C#CC(C=NC(C)(C)C(=O)Nc3ccc(C(F)(F)F)cc3-c3ccccc3)=CN)C2)ccc1CO)C1CCC(=O)NC1=O. The third kappa shape index (κ3) is 8.93. The van der Waals surface area contributed by atoms with Gasteiger partial charge >= 0.3 is 6.18 Å². The van der Waals surface area contributed by atoms with Crippen molar-refractivity contribution in [2.24, 2.45) is 16.6 Å². The molecule has 5 N–H and O–H groups in total. The number of allylic oxidation sites excluding steroid dienone is 1. The van der Waals surface area contributed by atoms with Crippen molar-refractivity contribution >= 4 is 41.2 Å². The molecule has 2 aliphatic heterocycles. The maximum Gasteiger partial charge on any atom is 0.416 e. The summed E-state index contributed by atoms with van der Waals surface area (Å²) >= 11 is 0. The molecule has 3 aromatic rings. The number of piperidine rings is 1. The van der Waals surface area contributed by atoms with Gasteiger partial charge in [-0.1, -0.05) is 48.2 Å². The minimum Gasteiger partial charge on any atom is -0.404 e. The number of carbonyl (C=O) groups excluding carboxylic acids is 4. The zero-order valence-electron chi connectivity index (χ0n) is 29.3. The van der Waals surface area contributed by atoms with Crippen molar-refractivity contribution in [1.82, 2.24) is 10.2 Å². The van der Waals surface area contributed by atoms with Gasteiger partial charge in [0.1, 0.15) is 11.6 Å². The van der Waals surface area contributed by atoms with Crippen molar-refractivity contribution in [1.29, 1.82) is 0 Å². The maximum absolute atomic E-state index is 13.5. The van der Waals surface area contributed by atoms with E-state index in [0.29, 0.717) is 29.8 Å². The first-order valence-corrected chi connectivity index (χ1v) is 16.8. The van der Waals surface area contributed by atoms with Gasteiger partial charge in [0.2, 0.25) is 11.8 Å². The second-order valence-electron chi connectivity index (χ2n) is 13.3. The number of carbonyl (C=O) groups is 4. The highest BCUT2D eigenvalue weighted by atomic mass is 19.4. The van der Waals surface area contributed by atoms with Gasteiger partial charge in [-0.15, -0.1) is 0 Å². The number of nitrogens with two attached hydrogens (primary N) is 1. The zero-order valence-corrected chi connectivity index (χ0v) is 29.3. The predicted octanol–water partition coefficient (Wildman–Crippen LogP) is 4.51. The predicted molar refractivity (Wildman–Crippen MR) is 194 cm³/mol. The molecule has 0 bridgehead atoms. The summed E-state index contributed by atoms with van der Waals surface area (Å²) in [6, 6.07) is 15.9. The van der Waals surface area contributed by atoms with E-state index in [2.05, 4.69) is 27.5 Å². The van der Waals surface area contributed by atoms with Crippen molar-refractivity contribution < 1.29 is 37.5 Å². The Hall–Kier alpha value is -5.94. The first kappa shape index (κ1) is 38.3. The van der Waals surface area contributed by atoms with Crippen LogP contribution in [0.2, 0.25) is 0 Å². The molecule has 5 rings (SSSR count). The topological polar surface area (TPSA) is 157 Å². The fourth-order valence-electron chi connectivity index (χ4n) is 5.82. The summed E-state index contributed by atoms with van der Waals surface area (Å²) in [5.74, 6) is 4.12. The summed E-state index contributed by atoms with van der Waals surface area (Å²) in [4.78, 5) is 58.3. The first-order chi connectivity index (χ1) is 25.1. The molecule has 14 heteroatoms. The number of alkyl halides is 3. The maximum atomic E-state index is 13.5. The van der Waals surface area contributed by atoms with Gasteiger partial charge in [0.15, 0.2) is 0 Å². The van der Waals surface area contributed by atoms with Crippen LogP contribution in [-0.2, 0) is 27.2 Å². The number of halogens is 3. The molecule has 2 heterocycles. The molecule has 2 fully saturated rings. The number of anilines is 2. The molecule has 0 aromatic heterocycles. The zero-order chi connectivity index (χ0) is 38.5. The number of rotatable bonds is 9. The fourth-order valence-corrected chi connectivity index (χ4v) is 5.82. The number of amides is 4. The third-order valence-electron chi connectivity index (χ3n) is 9.10. The van der Waals surface area contributed by atoms with Gasteiger partial charge in [0.05, 0.1) is 23.7 Å². The van der Waals surface area contributed by atoms with Crippen LogP contribution in [0, 0.1) is 17.8 Å². The van der Waals surface area contributed by atoms with E-state index in [0.717, 1.165) is 17.8 Å². The molecule has 1 atom stereocenters. The molecule has 3 aromatic carbocycles. The summed E-state index contributed by atoms with van der Waals surface area (Å²) in [5.41, 5.74) is 6.26. The molecular formula is C39H39F3N6O5. The third-order valence-corrected chi connectivity index (χ3v) is 9.10. The average molecular weight is 729 g/mol. The molecule has 2 saturated heterocycles. The number of hydrogen-bond donors (Lipinski definition) is 4. The Morgan fingerprint density at radius 2 is 1.81 bits per heavy atom. The lowest BCUT2D eigenvalue weighted by atomic mass is 9.97. The highest BCUT2D eigenvalue weighted by molar-refractivity contribution is 6.04. The highest BCUT2D eigenvalue weighted by Crippen LogP contribution is 2.36. The molecule has 0 spiro atoms. The summed E-state index contributed by atoms with van der Waals surface area (Å²) < 4.78 is 40.5. The molecule has 11 nitrogen and oxygen atoms in total. The van der Waals surface area contributed by atoms with Crippen LogP contribution in [0.3, 0.4) is 0 Å². The second kappa shape index (κ2) is 15.7. The van der Waals surface area contributed by atoms with Crippen LogP contribution in [0.15, 0.2) is 83.5 Å². The average Bonchev–Trinajstić information content (AvgIpc) is 3.11. The molecular weight excluding hydrogens is 689 g/mol. The number of aliphatic imine (C=N–C) groups is 1. The van der Waals surface area contributed by atoms with Gasteiger partial charge in [-0.05, 0) is 61.7 Å². The van der Waals surface area contributed by atoms with Crippen LogP contribution in [0.5, 0.6) is 0 Å². The minimum absolute atomic E-state index is 0.0615. The lowest BCUT2D eigenvalue weighted by molar-refractivity contribution is -0.138. The van der Waals surface area contributed by atoms with Gasteiger partial charge in [0.25, 0.3) is 11.8 Å². The summed E-state index contributed by atoms with van der Waals surface area (Å²) in [6.45, 7) is 3.79.